The highest BCUT2D eigenvalue weighted by Gasteiger charge is 2.18. The maximum absolute atomic E-state index is 14.5. The van der Waals surface area contributed by atoms with E-state index in [1.165, 1.54) is 38.1 Å². The average molecular weight is 403 g/mol. The summed E-state index contributed by atoms with van der Waals surface area (Å²) in [7, 11) is 1.50. The molecule has 1 N–H and O–H groups in total. The molecule has 0 unspecified atom stereocenters. The van der Waals surface area contributed by atoms with Crippen LogP contribution in [0, 0.1) is 5.82 Å². The van der Waals surface area contributed by atoms with Crippen LogP contribution in [0.4, 0.5) is 10.1 Å². The van der Waals surface area contributed by atoms with Crippen molar-refractivity contribution in [1.29, 1.82) is 0 Å². The van der Waals surface area contributed by atoms with Crippen LogP contribution in [-0.4, -0.2) is 40.4 Å². The van der Waals surface area contributed by atoms with Gasteiger partial charge in [0.25, 0.3) is 0 Å². The van der Waals surface area contributed by atoms with Crippen LogP contribution in [0.2, 0.25) is 0 Å². The fourth-order valence-electron chi connectivity index (χ4n) is 4.01. The van der Waals surface area contributed by atoms with Gasteiger partial charge in [-0.1, -0.05) is 18.2 Å². The number of nitrogens with one attached hydrogen (secondary N) is 1. The van der Waals surface area contributed by atoms with Gasteiger partial charge in [0.1, 0.15) is 28.3 Å². The lowest BCUT2D eigenvalue weighted by atomic mass is 10.1. The molecule has 3 heterocycles. The Morgan fingerprint density at radius 1 is 1.03 bits per heavy atom. The van der Waals surface area contributed by atoms with E-state index < -0.39 is 5.82 Å². The van der Waals surface area contributed by atoms with E-state index in [0.717, 1.165) is 18.7 Å². The highest BCUT2D eigenvalue weighted by molar-refractivity contribution is 5.90. The fraction of sp³-hybridized carbons (Fsp3) is 0.261. The molecule has 1 aliphatic rings. The molecule has 2 aromatic heterocycles. The van der Waals surface area contributed by atoms with Gasteiger partial charge in [0.05, 0.1) is 18.9 Å². The molecule has 0 atom stereocenters. The molecule has 7 heteroatoms. The van der Waals surface area contributed by atoms with E-state index in [1.54, 1.807) is 18.3 Å². The van der Waals surface area contributed by atoms with Gasteiger partial charge in [0, 0.05) is 24.3 Å². The summed E-state index contributed by atoms with van der Waals surface area (Å²) in [6, 6.07) is 13.0. The topological polar surface area (TPSA) is 66.9 Å². The van der Waals surface area contributed by atoms with Gasteiger partial charge in [0.15, 0.2) is 5.82 Å². The summed E-state index contributed by atoms with van der Waals surface area (Å²) >= 11 is 0. The highest BCUT2D eigenvalue weighted by atomic mass is 19.1. The Kier molecular flexibility index (Phi) is 4.78. The largest absolute Gasteiger partial charge is 0.496 e. The number of anilines is 1. The lowest BCUT2D eigenvalue weighted by molar-refractivity contribution is 0.413. The normalized spacial score (nSPS) is 14.3. The third-order valence-electron chi connectivity index (χ3n) is 5.58. The van der Waals surface area contributed by atoms with E-state index in [4.69, 9.17) is 4.74 Å². The van der Waals surface area contributed by atoms with Crippen LogP contribution >= 0.6 is 0 Å². The zero-order valence-electron chi connectivity index (χ0n) is 16.7. The number of ether oxygens (including phenoxy) is 1. The van der Waals surface area contributed by atoms with E-state index in [2.05, 4.69) is 49.3 Å². The molecule has 1 fully saturated rings. The number of methoxy groups -OCH3 is 1. The Balaban J connectivity index is 1.54. The second kappa shape index (κ2) is 7.74. The van der Waals surface area contributed by atoms with Crippen LogP contribution < -0.4 is 9.64 Å². The molecular weight excluding hydrogens is 381 g/mol. The fourth-order valence-corrected chi connectivity index (χ4v) is 4.01. The van der Waals surface area contributed by atoms with Gasteiger partial charge >= 0.3 is 0 Å². The number of H-pyrrole nitrogens is 1. The van der Waals surface area contributed by atoms with Crippen LogP contribution in [0.1, 0.15) is 19.3 Å². The Morgan fingerprint density at radius 3 is 2.60 bits per heavy atom. The molecule has 152 valence electrons. The lowest BCUT2D eigenvalue weighted by Crippen LogP contribution is -2.29. The monoisotopic (exact) mass is 403 g/mol. The number of piperidine rings is 1. The molecule has 0 aliphatic carbocycles. The summed E-state index contributed by atoms with van der Waals surface area (Å²) < 4.78 is 19.8. The lowest BCUT2D eigenvalue weighted by Gasteiger charge is -2.28. The van der Waals surface area contributed by atoms with Crippen LogP contribution in [0.5, 0.6) is 5.75 Å². The van der Waals surface area contributed by atoms with Crippen LogP contribution in [0.15, 0.2) is 48.7 Å². The van der Waals surface area contributed by atoms with Crippen molar-refractivity contribution in [3.05, 3.63) is 54.5 Å². The summed E-state index contributed by atoms with van der Waals surface area (Å²) in [5.41, 5.74) is 4.49. The van der Waals surface area contributed by atoms with Gasteiger partial charge in [-0.15, -0.1) is 0 Å². The Labute approximate surface area is 173 Å². The number of hydrogen-bond acceptors (Lipinski definition) is 5. The van der Waals surface area contributed by atoms with Crippen molar-refractivity contribution in [2.24, 2.45) is 0 Å². The quantitative estimate of drug-likeness (QED) is 0.529. The van der Waals surface area contributed by atoms with Gasteiger partial charge in [-0.25, -0.2) is 14.4 Å². The number of rotatable bonds is 4. The Bertz CT molecular complexity index is 1180. The van der Waals surface area contributed by atoms with Crippen molar-refractivity contribution in [1.82, 2.24) is 20.2 Å². The van der Waals surface area contributed by atoms with Crippen LogP contribution in [0.25, 0.3) is 33.7 Å². The van der Waals surface area contributed by atoms with Gasteiger partial charge in [-0.2, -0.15) is 5.10 Å². The van der Waals surface area contributed by atoms with Crippen LogP contribution in [0.3, 0.4) is 0 Å². The van der Waals surface area contributed by atoms with Crippen molar-refractivity contribution in [3.63, 3.8) is 0 Å². The number of aromatic nitrogens is 4. The Morgan fingerprint density at radius 2 is 1.83 bits per heavy atom. The summed E-state index contributed by atoms with van der Waals surface area (Å²) in [4.78, 5) is 11.4. The van der Waals surface area contributed by atoms with Crippen LogP contribution in [-0.2, 0) is 0 Å². The minimum atomic E-state index is -0.426. The molecule has 1 aliphatic heterocycles. The molecule has 30 heavy (non-hydrogen) atoms. The summed E-state index contributed by atoms with van der Waals surface area (Å²) in [6.45, 7) is 2.21. The maximum atomic E-state index is 14.5. The highest BCUT2D eigenvalue weighted by Crippen LogP contribution is 2.33. The molecular formula is C23H22FN5O. The second-order valence-corrected chi connectivity index (χ2v) is 7.44. The van der Waals surface area contributed by atoms with Crippen molar-refractivity contribution in [3.8, 4) is 28.4 Å². The molecule has 6 nitrogen and oxygen atoms in total. The predicted octanol–water partition coefficient (Wildman–Crippen LogP) is 4.82. The summed E-state index contributed by atoms with van der Waals surface area (Å²) in [5.74, 6) is 0.236. The van der Waals surface area contributed by atoms with E-state index in [0.29, 0.717) is 22.5 Å². The number of fused-ring (bicyclic) bond motifs is 1. The predicted molar refractivity (Wildman–Crippen MR) is 115 cm³/mol. The van der Waals surface area contributed by atoms with Gasteiger partial charge in [-0.05, 0) is 43.5 Å². The molecule has 5 rings (SSSR count). The van der Waals surface area contributed by atoms with E-state index in [9.17, 15) is 4.39 Å². The zero-order valence-corrected chi connectivity index (χ0v) is 16.7. The molecule has 4 aromatic rings. The SMILES string of the molecule is COc1cccc(F)c1-c1ncc2[nH]nc(-c3ccc(N4CCCCC4)cc3)c2n1. The van der Waals surface area contributed by atoms with E-state index >= 15 is 0 Å². The number of nitrogens with zero attached hydrogens (tertiary/aromatic N) is 4. The van der Waals surface area contributed by atoms with Crippen molar-refractivity contribution >= 4 is 16.7 Å². The first kappa shape index (κ1) is 18.5. The molecule has 0 radical (unpaired) electrons. The first-order valence-corrected chi connectivity index (χ1v) is 10.1. The second-order valence-electron chi connectivity index (χ2n) is 7.44. The molecule has 2 aromatic carbocycles. The number of hydrogen-bond donors (Lipinski definition) is 1. The average Bonchev–Trinajstić information content (AvgIpc) is 3.23. The summed E-state index contributed by atoms with van der Waals surface area (Å²) in [6.07, 6.45) is 5.42. The maximum Gasteiger partial charge on any atom is 0.166 e. The van der Waals surface area contributed by atoms with Crippen molar-refractivity contribution in [2.75, 3.05) is 25.1 Å². The first-order valence-electron chi connectivity index (χ1n) is 10.1. The van der Waals surface area contributed by atoms with Crippen molar-refractivity contribution in [2.45, 2.75) is 19.3 Å². The molecule has 1 saturated heterocycles. The van der Waals surface area contributed by atoms with Crippen molar-refractivity contribution < 1.29 is 9.13 Å². The Hall–Kier alpha value is -3.48. The van der Waals surface area contributed by atoms with E-state index in [1.807, 2.05) is 0 Å². The first-order chi connectivity index (χ1) is 14.7. The van der Waals surface area contributed by atoms with Gasteiger partial charge < -0.3 is 9.64 Å². The minimum Gasteiger partial charge on any atom is -0.496 e. The summed E-state index contributed by atoms with van der Waals surface area (Å²) in [5, 5.41) is 7.42. The zero-order chi connectivity index (χ0) is 20.5. The van der Waals surface area contributed by atoms with E-state index in [-0.39, 0.29) is 11.4 Å². The minimum absolute atomic E-state index is 0.245. The number of aromatic amines is 1. The third-order valence-corrected chi connectivity index (χ3v) is 5.58. The van der Waals surface area contributed by atoms with Gasteiger partial charge in [-0.3, -0.25) is 5.10 Å². The molecule has 0 saturated carbocycles. The number of benzene rings is 2. The third kappa shape index (κ3) is 3.26. The number of halogens is 1. The molecule has 0 bridgehead atoms. The smallest absolute Gasteiger partial charge is 0.166 e. The molecule has 0 amide bonds. The molecule has 0 spiro atoms. The standard InChI is InChI=1S/C23H22FN5O/c1-30-19-7-5-6-17(24)20(19)23-25-14-18-22(26-23)21(28-27-18)15-8-10-16(11-9-15)29-12-3-2-4-13-29/h5-11,14H,2-4,12-13H2,1H3,(H,27,28). The van der Waals surface area contributed by atoms with Gasteiger partial charge in [0.2, 0.25) is 0 Å².